The smallest absolute Gasteiger partial charge is 0.104 e. The lowest BCUT2D eigenvalue weighted by Crippen LogP contribution is -2.00. The number of benzene rings is 1. The second-order valence-corrected chi connectivity index (χ2v) is 3.55. The number of H-pyrrole nitrogens is 1. The maximum Gasteiger partial charge on any atom is 0.104 e. The van der Waals surface area contributed by atoms with Crippen molar-refractivity contribution in [2.24, 2.45) is 0 Å². The van der Waals surface area contributed by atoms with E-state index < -0.39 is 0 Å². The number of aromatic nitrogens is 1. The summed E-state index contributed by atoms with van der Waals surface area (Å²) in [6.45, 7) is 3.25. The van der Waals surface area contributed by atoms with Crippen LogP contribution in [0.2, 0.25) is 0 Å². The van der Waals surface area contributed by atoms with Crippen molar-refractivity contribution >= 4 is 16.7 Å². The van der Waals surface area contributed by atoms with Crippen molar-refractivity contribution in [1.29, 1.82) is 0 Å². The Bertz CT molecular complexity index is 370. The Hall–Kier alpha value is -1.44. The summed E-state index contributed by atoms with van der Waals surface area (Å²) in [7, 11) is 0. The van der Waals surface area contributed by atoms with Crippen LogP contribution in [-0.2, 0) is 0 Å². The number of rotatable bonds is 4. The highest BCUT2D eigenvalue weighted by atomic mass is 15.0. The second kappa shape index (κ2) is 4.18. The van der Waals surface area contributed by atoms with Crippen LogP contribution >= 0.6 is 0 Å². The summed E-state index contributed by atoms with van der Waals surface area (Å²) in [5, 5.41) is 4.65. The van der Waals surface area contributed by atoms with Crippen molar-refractivity contribution in [3.8, 4) is 0 Å². The van der Waals surface area contributed by atoms with Crippen molar-refractivity contribution in [3.05, 3.63) is 30.3 Å². The summed E-state index contributed by atoms with van der Waals surface area (Å²) < 4.78 is 0. The van der Waals surface area contributed by atoms with E-state index in [2.05, 4.69) is 47.6 Å². The molecule has 0 saturated heterocycles. The molecule has 1 aromatic heterocycles. The van der Waals surface area contributed by atoms with Gasteiger partial charge in [-0.1, -0.05) is 31.5 Å². The largest absolute Gasteiger partial charge is 0.372 e. The van der Waals surface area contributed by atoms with Crippen molar-refractivity contribution < 1.29 is 0 Å². The molecule has 2 heteroatoms. The van der Waals surface area contributed by atoms with Crippen molar-refractivity contribution in [2.45, 2.75) is 19.8 Å². The van der Waals surface area contributed by atoms with E-state index in [4.69, 9.17) is 0 Å². The molecule has 2 rings (SSSR count). The van der Waals surface area contributed by atoms with Gasteiger partial charge in [-0.05, 0) is 18.6 Å². The fourth-order valence-electron chi connectivity index (χ4n) is 1.57. The quantitative estimate of drug-likeness (QED) is 0.707. The molecule has 0 saturated carbocycles. The first-order valence-electron chi connectivity index (χ1n) is 5.22. The predicted molar refractivity (Wildman–Crippen MR) is 61.7 cm³/mol. The van der Waals surface area contributed by atoms with Crippen LogP contribution in [0.15, 0.2) is 30.3 Å². The Balaban J connectivity index is 2.11. The van der Waals surface area contributed by atoms with Gasteiger partial charge in [-0.2, -0.15) is 0 Å². The molecule has 0 aliphatic heterocycles. The van der Waals surface area contributed by atoms with Crippen molar-refractivity contribution in [1.82, 2.24) is 4.98 Å². The zero-order valence-electron chi connectivity index (χ0n) is 8.51. The summed E-state index contributed by atoms with van der Waals surface area (Å²) in [5.74, 6) is 1.12. The molecule has 0 bridgehead atoms. The SMILES string of the molecule is CCCCNc1cc2ccccc2[nH]1. The van der Waals surface area contributed by atoms with E-state index in [0.29, 0.717) is 0 Å². The molecule has 2 aromatic rings. The zero-order chi connectivity index (χ0) is 9.80. The summed E-state index contributed by atoms with van der Waals surface area (Å²) in [6, 6.07) is 10.5. The molecule has 1 aromatic carbocycles. The average Bonchev–Trinajstić information content (AvgIpc) is 2.60. The van der Waals surface area contributed by atoms with Gasteiger partial charge in [-0.3, -0.25) is 0 Å². The zero-order valence-corrected chi connectivity index (χ0v) is 8.51. The monoisotopic (exact) mass is 188 g/mol. The number of nitrogens with one attached hydrogen (secondary N) is 2. The van der Waals surface area contributed by atoms with E-state index in [-0.39, 0.29) is 0 Å². The number of para-hydroxylation sites is 1. The highest BCUT2D eigenvalue weighted by molar-refractivity contribution is 5.83. The molecule has 0 spiro atoms. The number of fused-ring (bicyclic) bond motifs is 1. The van der Waals surface area contributed by atoms with Crippen LogP contribution in [0.25, 0.3) is 10.9 Å². The predicted octanol–water partition coefficient (Wildman–Crippen LogP) is 3.38. The van der Waals surface area contributed by atoms with Crippen LogP contribution in [0, 0.1) is 0 Å². The number of unbranched alkanes of at least 4 members (excludes halogenated alkanes) is 1. The van der Waals surface area contributed by atoms with Crippen LogP contribution in [-0.4, -0.2) is 11.5 Å². The molecule has 0 unspecified atom stereocenters. The van der Waals surface area contributed by atoms with Crippen LogP contribution in [0.3, 0.4) is 0 Å². The molecule has 0 aliphatic carbocycles. The Morgan fingerprint density at radius 1 is 1.29 bits per heavy atom. The molecule has 1 heterocycles. The van der Waals surface area contributed by atoms with Gasteiger partial charge < -0.3 is 10.3 Å². The minimum atomic E-state index is 1.04. The van der Waals surface area contributed by atoms with E-state index in [0.717, 1.165) is 12.4 Å². The Kier molecular flexibility index (Phi) is 2.73. The first-order valence-corrected chi connectivity index (χ1v) is 5.22. The molecule has 74 valence electrons. The Morgan fingerprint density at radius 2 is 2.14 bits per heavy atom. The lowest BCUT2D eigenvalue weighted by atomic mass is 10.2. The average molecular weight is 188 g/mol. The molecule has 14 heavy (non-hydrogen) atoms. The number of hydrogen-bond donors (Lipinski definition) is 2. The van der Waals surface area contributed by atoms with Gasteiger partial charge in [-0.15, -0.1) is 0 Å². The van der Waals surface area contributed by atoms with Gasteiger partial charge >= 0.3 is 0 Å². The van der Waals surface area contributed by atoms with Gasteiger partial charge in [0.05, 0.1) is 0 Å². The first kappa shape index (κ1) is 9.13. The number of anilines is 1. The summed E-state index contributed by atoms with van der Waals surface area (Å²) in [6.07, 6.45) is 2.45. The van der Waals surface area contributed by atoms with Gasteiger partial charge in [-0.25, -0.2) is 0 Å². The van der Waals surface area contributed by atoms with E-state index in [1.807, 2.05) is 0 Å². The van der Waals surface area contributed by atoms with E-state index in [1.54, 1.807) is 0 Å². The molecular weight excluding hydrogens is 172 g/mol. The molecule has 0 fully saturated rings. The summed E-state index contributed by atoms with van der Waals surface area (Å²) in [4.78, 5) is 3.34. The number of hydrogen-bond acceptors (Lipinski definition) is 1. The van der Waals surface area contributed by atoms with Gasteiger partial charge in [0.25, 0.3) is 0 Å². The normalized spacial score (nSPS) is 10.6. The lowest BCUT2D eigenvalue weighted by Gasteiger charge is -2.00. The highest BCUT2D eigenvalue weighted by Gasteiger charge is 1.97. The third-order valence-electron chi connectivity index (χ3n) is 2.38. The van der Waals surface area contributed by atoms with Gasteiger partial charge in [0.2, 0.25) is 0 Å². The summed E-state index contributed by atoms with van der Waals surface area (Å²) in [5.41, 5.74) is 1.20. The first-order chi connectivity index (χ1) is 6.90. The lowest BCUT2D eigenvalue weighted by molar-refractivity contribution is 0.832. The van der Waals surface area contributed by atoms with Crippen molar-refractivity contribution in [2.75, 3.05) is 11.9 Å². The van der Waals surface area contributed by atoms with Crippen LogP contribution in [0.5, 0.6) is 0 Å². The third kappa shape index (κ3) is 1.90. The Morgan fingerprint density at radius 3 is 2.93 bits per heavy atom. The maximum absolute atomic E-state index is 3.38. The van der Waals surface area contributed by atoms with E-state index in [9.17, 15) is 0 Å². The van der Waals surface area contributed by atoms with Gasteiger partial charge in [0.15, 0.2) is 0 Å². The highest BCUT2D eigenvalue weighted by Crippen LogP contribution is 2.17. The minimum absolute atomic E-state index is 1.04. The topological polar surface area (TPSA) is 27.8 Å². The Labute approximate surface area is 84.3 Å². The van der Waals surface area contributed by atoms with E-state index >= 15 is 0 Å². The standard InChI is InChI=1S/C12H16N2/c1-2-3-8-13-12-9-10-6-4-5-7-11(10)14-12/h4-7,9,13-14H,2-3,8H2,1H3. The fourth-order valence-corrected chi connectivity index (χ4v) is 1.57. The molecule has 0 radical (unpaired) electrons. The fraction of sp³-hybridized carbons (Fsp3) is 0.333. The summed E-state index contributed by atoms with van der Waals surface area (Å²) >= 11 is 0. The molecule has 0 aliphatic rings. The van der Waals surface area contributed by atoms with Gasteiger partial charge in [0.1, 0.15) is 5.82 Å². The third-order valence-corrected chi connectivity index (χ3v) is 2.38. The molecule has 2 nitrogen and oxygen atoms in total. The molecular formula is C12H16N2. The number of aromatic amines is 1. The minimum Gasteiger partial charge on any atom is -0.372 e. The van der Waals surface area contributed by atoms with Crippen molar-refractivity contribution in [3.63, 3.8) is 0 Å². The molecule has 2 N–H and O–H groups in total. The molecule has 0 atom stereocenters. The molecule has 0 amide bonds. The van der Waals surface area contributed by atoms with Crippen LogP contribution < -0.4 is 5.32 Å². The van der Waals surface area contributed by atoms with Gasteiger partial charge in [0, 0.05) is 17.4 Å². The van der Waals surface area contributed by atoms with Crippen LogP contribution in [0.4, 0.5) is 5.82 Å². The van der Waals surface area contributed by atoms with E-state index in [1.165, 1.54) is 23.7 Å². The van der Waals surface area contributed by atoms with Crippen LogP contribution in [0.1, 0.15) is 19.8 Å². The second-order valence-electron chi connectivity index (χ2n) is 3.55. The maximum atomic E-state index is 3.38.